The summed E-state index contributed by atoms with van der Waals surface area (Å²) in [6, 6.07) is 14.4. The normalized spacial score (nSPS) is 13.9. The smallest absolute Gasteiger partial charge is 0.305 e. The average molecular weight is 510 g/mol. The molecule has 1 fully saturated rings. The Balaban J connectivity index is 1.44. The van der Waals surface area contributed by atoms with Crippen molar-refractivity contribution in [3.8, 4) is 6.07 Å². The minimum absolute atomic E-state index is 0.0402. The largest absolute Gasteiger partial charge is 0.463 e. The number of fused-ring (bicyclic) bond motifs is 1. The van der Waals surface area contributed by atoms with Crippen LogP contribution in [0.5, 0.6) is 0 Å². The van der Waals surface area contributed by atoms with E-state index in [2.05, 4.69) is 28.4 Å². The van der Waals surface area contributed by atoms with Gasteiger partial charge in [-0.3, -0.25) is 9.59 Å². The zero-order valence-electron chi connectivity index (χ0n) is 21.0. The molecule has 0 aliphatic carbocycles. The van der Waals surface area contributed by atoms with Gasteiger partial charge < -0.3 is 19.7 Å². The van der Waals surface area contributed by atoms with Gasteiger partial charge in [0.15, 0.2) is 0 Å². The summed E-state index contributed by atoms with van der Waals surface area (Å²) in [6.45, 7) is 3.19. The fourth-order valence-electron chi connectivity index (χ4n) is 4.09. The molecule has 7 nitrogen and oxygen atoms in total. The van der Waals surface area contributed by atoms with Gasteiger partial charge in [-0.05, 0) is 78.3 Å². The Bertz CT molecular complexity index is 1090. The van der Waals surface area contributed by atoms with Crippen LogP contribution < -0.4 is 10.2 Å². The number of ether oxygens (including phenoxy) is 2. The maximum atomic E-state index is 12.4. The summed E-state index contributed by atoms with van der Waals surface area (Å²) in [4.78, 5) is 26.4. The Morgan fingerprint density at radius 1 is 1.08 bits per heavy atom. The van der Waals surface area contributed by atoms with Crippen molar-refractivity contribution in [3.63, 3.8) is 0 Å². The molecule has 8 heteroatoms. The lowest BCUT2D eigenvalue weighted by Gasteiger charge is -2.29. The molecule has 3 rings (SSSR count). The van der Waals surface area contributed by atoms with Crippen LogP contribution in [0.2, 0.25) is 0 Å². The van der Waals surface area contributed by atoms with E-state index in [4.69, 9.17) is 9.47 Å². The van der Waals surface area contributed by atoms with Crippen LogP contribution in [-0.2, 0) is 19.1 Å². The number of hydrogen-bond acceptors (Lipinski definition) is 7. The minimum Gasteiger partial charge on any atom is -0.463 e. The van der Waals surface area contributed by atoms with E-state index in [0.717, 1.165) is 41.6 Å². The molecule has 0 saturated carbocycles. The maximum absolute atomic E-state index is 12.4. The summed E-state index contributed by atoms with van der Waals surface area (Å²) in [6.07, 6.45) is 8.60. The summed E-state index contributed by atoms with van der Waals surface area (Å²) in [7, 11) is 0. The third-order valence-corrected chi connectivity index (χ3v) is 6.69. The van der Waals surface area contributed by atoms with Gasteiger partial charge in [-0.2, -0.15) is 17.0 Å². The highest BCUT2D eigenvalue weighted by atomic mass is 32.2. The first-order valence-electron chi connectivity index (χ1n) is 12.5. The number of piperidine rings is 1. The molecule has 192 valence electrons. The molecular weight excluding hydrogens is 474 g/mol. The van der Waals surface area contributed by atoms with Crippen LogP contribution in [-0.4, -0.2) is 63.3 Å². The van der Waals surface area contributed by atoms with E-state index in [-0.39, 0.29) is 37.9 Å². The SMILES string of the molecule is CSCCCC(=O)OCCOCCNC(=O)/C(C#N)=C/c1ccc2cc(N3CCCCC3)ccc2c1. The lowest BCUT2D eigenvalue weighted by Crippen LogP contribution is -2.29. The molecule has 1 saturated heterocycles. The van der Waals surface area contributed by atoms with Crippen molar-refractivity contribution >= 4 is 46.2 Å². The van der Waals surface area contributed by atoms with Gasteiger partial charge in [0.25, 0.3) is 5.91 Å². The van der Waals surface area contributed by atoms with Crippen molar-refractivity contribution in [2.45, 2.75) is 32.1 Å². The molecule has 2 aromatic carbocycles. The van der Waals surface area contributed by atoms with Crippen molar-refractivity contribution in [1.29, 1.82) is 5.26 Å². The van der Waals surface area contributed by atoms with Crippen LogP contribution in [0.4, 0.5) is 5.69 Å². The van der Waals surface area contributed by atoms with Crippen molar-refractivity contribution < 1.29 is 19.1 Å². The number of hydrogen-bond donors (Lipinski definition) is 1. The Morgan fingerprint density at radius 2 is 1.86 bits per heavy atom. The molecule has 0 spiro atoms. The maximum Gasteiger partial charge on any atom is 0.305 e. The Kier molecular flexibility index (Phi) is 11.6. The summed E-state index contributed by atoms with van der Waals surface area (Å²) in [5.74, 6) is 0.271. The second kappa shape index (κ2) is 15.2. The van der Waals surface area contributed by atoms with Gasteiger partial charge in [-0.25, -0.2) is 0 Å². The van der Waals surface area contributed by atoms with Crippen LogP contribution in [0.3, 0.4) is 0 Å². The molecule has 1 aliphatic rings. The number of nitriles is 1. The number of thioether (sulfide) groups is 1. The first-order valence-corrected chi connectivity index (χ1v) is 13.9. The fraction of sp³-hybridized carbons (Fsp3) is 0.464. The van der Waals surface area contributed by atoms with Gasteiger partial charge in [0.05, 0.1) is 13.2 Å². The molecule has 0 unspecified atom stereocenters. The number of carbonyl (C=O) groups excluding carboxylic acids is 2. The van der Waals surface area contributed by atoms with Gasteiger partial charge in [0, 0.05) is 31.7 Å². The summed E-state index contributed by atoms with van der Waals surface area (Å²) in [5, 5.41) is 14.4. The van der Waals surface area contributed by atoms with Gasteiger partial charge >= 0.3 is 5.97 Å². The van der Waals surface area contributed by atoms with Gasteiger partial charge in [0.1, 0.15) is 18.2 Å². The number of nitrogens with one attached hydrogen (secondary N) is 1. The molecule has 0 atom stereocenters. The standard InChI is InChI=1S/C28H35N3O4S/c1-36-17-5-6-27(32)35-16-15-34-14-11-30-28(33)25(21-29)19-22-7-8-24-20-26(10-9-23(24)18-22)31-12-3-2-4-13-31/h7-10,18-20H,2-6,11-17H2,1H3,(H,30,33)/b25-19+. The number of carbonyl (C=O) groups is 2. The highest BCUT2D eigenvalue weighted by Crippen LogP contribution is 2.26. The molecule has 0 aromatic heterocycles. The van der Waals surface area contributed by atoms with Crippen molar-refractivity contribution in [2.24, 2.45) is 0 Å². The predicted molar refractivity (Wildman–Crippen MR) is 146 cm³/mol. The molecule has 1 heterocycles. The number of nitrogens with zero attached hydrogens (tertiary/aromatic N) is 2. The summed E-state index contributed by atoms with van der Waals surface area (Å²) < 4.78 is 10.5. The summed E-state index contributed by atoms with van der Waals surface area (Å²) >= 11 is 1.70. The Morgan fingerprint density at radius 3 is 2.64 bits per heavy atom. The van der Waals surface area contributed by atoms with Crippen LogP contribution in [0.1, 0.15) is 37.7 Å². The number of anilines is 1. The van der Waals surface area contributed by atoms with E-state index >= 15 is 0 Å². The Hall–Kier alpha value is -3.02. The van der Waals surface area contributed by atoms with Crippen molar-refractivity contribution in [1.82, 2.24) is 5.32 Å². The van der Waals surface area contributed by atoms with Crippen LogP contribution in [0.15, 0.2) is 42.0 Å². The van der Waals surface area contributed by atoms with E-state index in [1.165, 1.54) is 24.9 Å². The Labute approximate surface area is 217 Å². The molecule has 1 N–H and O–H groups in total. The molecule has 0 bridgehead atoms. The second-order valence-electron chi connectivity index (χ2n) is 8.69. The molecular formula is C28H35N3O4S. The third-order valence-electron chi connectivity index (χ3n) is 6.00. The van der Waals surface area contributed by atoms with Crippen molar-refractivity contribution in [2.75, 3.05) is 56.4 Å². The van der Waals surface area contributed by atoms with E-state index in [1.807, 2.05) is 30.5 Å². The van der Waals surface area contributed by atoms with Gasteiger partial charge in [-0.15, -0.1) is 0 Å². The van der Waals surface area contributed by atoms with E-state index in [0.29, 0.717) is 6.42 Å². The molecule has 1 aliphatic heterocycles. The highest BCUT2D eigenvalue weighted by Gasteiger charge is 2.12. The minimum atomic E-state index is -0.443. The third kappa shape index (κ3) is 8.89. The van der Waals surface area contributed by atoms with E-state index in [1.54, 1.807) is 17.8 Å². The first-order chi connectivity index (χ1) is 17.6. The van der Waals surface area contributed by atoms with Crippen molar-refractivity contribution in [3.05, 3.63) is 47.5 Å². The van der Waals surface area contributed by atoms with E-state index in [9.17, 15) is 14.9 Å². The fourth-order valence-corrected chi connectivity index (χ4v) is 4.52. The monoisotopic (exact) mass is 509 g/mol. The zero-order chi connectivity index (χ0) is 25.6. The molecule has 2 aromatic rings. The lowest BCUT2D eigenvalue weighted by molar-refractivity contribution is -0.145. The number of esters is 1. The molecule has 36 heavy (non-hydrogen) atoms. The molecule has 0 radical (unpaired) electrons. The number of rotatable bonds is 13. The number of amides is 1. The van der Waals surface area contributed by atoms with E-state index < -0.39 is 5.91 Å². The highest BCUT2D eigenvalue weighted by molar-refractivity contribution is 7.98. The molecule has 1 amide bonds. The van der Waals surface area contributed by atoms with Gasteiger partial charge in [-0.1, -0.05) is 18.2 Å². The topological polar surface area (TPSA) is 91.7 Å². The van der Waals surface area contributed by atoms with Crippen LogP contribution in [0.25, 0.3) is 16.8 Å². The lowest BCUT2D eigenvalue weighted by atomic mass is 10.0. The number of benzene rings is 2. The zero-order valence-corrected chi connectivity index (χ0v) is 21.8. The predicted octanol–water partition coefficient (Wildman–Crippen LogP) is 4.56. The summed E-state index contributed by atoms with van der Waals surface area (Å²) in [5.41, 5.74) is 2.09. The quantitative estimate of drug-likeness (QED) is 0.183. The van der Waals surface area contributed by atoms with Crippen LogP contribution >= 0.6 is 11.8 Å². The first kappa shape index (κ1) is 27.6. The van der Waals surface area contributed by atoms with Crippen LogP contribution in [0, 0.1) is 11.3 Å². The average Bonchev–Trinajstić information content (AvgIpc) is 2.91. The second-order valence-corrected chi connectivity index (χ2v) is 9.68. The van der Waals surface area contributed by atoms with Gasteiger partial charge in [0.2, 0.25) is 0 Å².